The van der Waals surface area contributed by atoms with Crippen molar-refractivity contribution < 1.29 is 0 Å². The van der Waals surface area contributed by atoms with E-state index < -0.39 is 0 Å². The number of benzene rings is 3. The fourth-order valence-electron chi connectivity index (χ4n) is 3.49. The number of nitrogens with zero attached hydrogens (tertiary/aromatic N) is 3. The third-order valence-electron chi connectivity index (χ3n) is 4.70. The molecule has 6 rings (SSSR count). The van der Waals surface area contributed by atoms with Gasteiger partial charge in [-0.2, -0.15) is 0 Å². The topological polar surface area (TPSA) is 30.2 Å². The maximum atomic E-state index is 5.01. The van der Waals surface area contributed by atoms with E-state index in [1.807, 2.05) is 12.1 Å². The van der Waals surface area contributed by atoms with E-state index in [2.05, 4.69) is 71.1 Å². The van der Waals surface area contributed by atoms with Gasteiger partial charge in [-0.1, -0.05) is 65.9 Å². The van der Waals surface area contributed by atoms with Crippen LogP contribution < -0.4 is 0 Å². The smallest absolute Gasteiger partial charge is 0.195 e. The van der Waals surface area contributed by atoms with Crippen LogP contribution in [0.25, 0.3) is 47.4 Å². The fraction of sp³-hybridized carbons (Fsp3) is 0. The highest BCUT2D eigenvalue weighted by molar-refractivity contribution is 7.24. The van der Waals surface area contributed by atoms with Gasteiger partial charge in [-0.05, 0) is 24.3 Å². The van der Waals surface area contributed by atoms with Crippen LogP contribution in [0.1, 0.15) is 0 Å². The van der Waals surface area contributed by atoms with Gasteiger partial charge in [0.2, 0.25) is 0 Å². The van der Waals surface area contributed by atoms with Crippen molar-refractivity contribution >= 4 is 48.1 Å². The summed E-state index contributed by atoms with van der Waals surface area (Å²) in [5, 5.41) is 1.01. The summed E-state index contributed by atoms with van der Waals surface area (Å²) < 4.78 is 4.70. The van der Waals surface area contributed by atoms with Crippen LogP contribution in [0.3, 0.4) is 0 Å². The Labute approximate surface area is 163 Å². The number of aromatic nitrogens is 3. The number of hydrogen-bond donors (Lipinski definition) is 0. The standard InChI is InChI=1S/C22H13N3S2/c1-2-8-14(9-3-1)19-20(21-23-15-10-4-6-12-17(15)26-21)25-16-11-5-7-13-18(16)27-22(25)24-19/h1-13H. The molecule has 0 N–H and O–H groups in total. The second-order valence-corrected chi connectivity index (χ2v) is 8.39. The Kier molecular flexibility index (Phi) is 3.21. The molecule has 0 saturated heterocycles. The minimum absolute atomic E-state index is 0.992. The van der Waals surface area contributed by atoms with Gasteiger partial charge in [0.05, 0.1) is 20.4 Å². The van der Waals surface area contributed by atoms with E-state index in [4.69, 9.17) is 9.97 Å². The van der Waals surface area contributed by atoms with Crippen LogP contribution in [0.2, 0.25) is 0 Å². The van der Waals surface area contributed by atoms with Gasteiger partial charge in [-0.15, -0.1) is 11.3 Å². The molecule has 0 aliphatic rings. The minimum atomic E-state index is 0.992. The zero-order chi connectivity index (χ0) is 17.8. The van der Waals surface area contributed by atoms with Gasteiger partial charge in [0.25, 0.3) is 0 Å². The van der Waals surface area contributed by atoms with Gasteiger partial charge in [-0.25, -0.2) is 9.97 Å². The van der Waals surface area contributed by atoms with E-state index >= 15 is 0 Å². The van der Waals surface area contributed by atoms with Crippen molar-refractivity contribution in [2.75, 3.05) is 0 Å². The first-order valence-electron chi connectivity index (χ1n) is 8.70. The molecule has 3 aromatic carbocycles. The highest BCUT2D eigenvalue weighted by Gasteiger charge is 2.22. The van der Waals surface area contributed by atoms with Crippen LogP contribution in [0.15, 0.2) is 78.9 Å². The van der Waals surface area contributed by atoms with Crippen LogP contribution in [0, 0.1) is 0 Å². The molecule has 0 unspecified atom stereocenters. The van der Waals surface area contributed by atoms with Crippen molar-refractivity contribution in [1.29, 1.82) is 0 Å². The second-order valence-electron chi connectivity index (χ2n) is 6.35. The van der Waals surface area contributed by atoms with Gasteiger partial charge < -0.3 is 0 Å². The number of fused-ring (bicyclic) bond motifs is 4. The van der Waals surface area contributed by atoms with E-state index in [-0.39, 0.29) is 0 Å². The van der Waals surface area contributed by atoms with Gasteiger partial charge in [-0.3, -0.25) is 4.40 Å². The van der Waals surface area contributed by atoms with Crippen LogP contribution in [-0.2, 0) is 0 Å². The summed E-state index contributed by atoms with van der Waals surface area (Å²) in [4.78, 5) is 11.0. The SMILES string of the molecule is c1ccc(-c2nc3sc4ccccc4n3c2-c2nc3ccccc3s2)cc1. The molecule has 3 aromatic heterocycles. The summed E-state index contributed by atoms with van der Waals surface area (Å²) >= 11 is 3.44. The summed E-state index contributed by atoms with van der Waals surface area (Å²) in [7, 11) is 0. The zero-order valence-electron chi connectivity index (χ0n) is 14.2. The normalized spacial score (nSPS) is 11.7. The quantitative estimate of drug-likeness (QED) is 0.342. The molecule has 0 amide bonds. The van der Waals surface area contributed by atoms with Gasteiger partial charge in [0.15, 0.2) is 4.96 Å². The van der Waals surface area contributed by atoms with Crippen LogP contribution in [-0.4, -0.2) is 14.4 Å². The summed E-state index contributed by atoms with van der Waals surface area (Å²) in [5.41, 5.74) is 5.40. The molecule has 3 nitrogen and oxygen atoms in total. The molecule has 0 spiro atoms. The molecule has 27 heavy (non-hydrogen) atoms. The molecular formula is C22H13N3S2. The van der Waals surface area contributed by atoms with Crippen molar-refractivity contribution in [2.24, 2.45) is 0 Å². The highest BCUT2D eigenvalue weighted by Crippen LogP contribution is 2.40. The predicted molar refractivity (Wildman–Crippen MR) is 115 cm³/mol. The lowest BCUT2D eigenvalue weighted by Gasteiger charge is -2.02. The maximum absolute atomic E-state index is 5.01. The lowest BCUT2D eigenvalue weighted by Crippen LogP contribution is -1.88. The number of imidazole rings is 1. The van der Waals surface area contributed by atoms with Gasteiger partial charge in [0, 0.05) is 5.56 Å². The molecule has 3 heterocycles. The number of rotatable bonds is 2. The Hall–Kier alpha value is -3.02. The lowest BCUT2D eigenvalue weighted by atomic mass is 10.1. The number of para-hydroxylation sites is 2. The van der Waals surface area contributed by atoms with Crippen LogP contribution >= 0.6 is 22.7 Å². The Morgan fingerprint density at radius 1 is 0.667 bits per heavy atom. The monoisotopic (exact) mass is 383 g/mol. The molecule has 0 fully saturated rings. The lowest BCUT2D eigenvalue weighted by molar-refractivity contribution is 1.28. The third-order valence-corrected chi connectivity index (χ3v) is 6.76. The van der Waals surface area contributed by atoms with Crippen LogP contribution in [0.5, 0.6) is 0 Å². The molecule has 128 valence electrons. The van der Waals surface area contributed by atoms with E-state index in [0.29, 0.717) is 0 Å². The van der Waals surface area contributed by atoms with Crippen molar-refractivity contribution in [1.82, 2.24) is 14.4 Å². The highest BCUT2D eigenvalue weighted by atomic mass is 32.1. The van der Waals surface area contributed by atoms with Crippen molar-refractivity contribution in [2.45, 2.75) is 0 Å². The largest absolute Gasteiger partial charge is 0.280 e. The summed E-state index contributed by atoms with van der Waals surface area (Å²) in [6.45, 7) is 0. The fourth-order valence-corrected chi connectivity index (χ4v) is 5.51. The van der Waals surface area contributed by atoms with Crippen molar-refractivity contribution in [3.05, 3.63) is 78.9 Å². The van der Waals surface area contributed by atoms with E-state index in [9.17, 15) is 0 Å². The van der Waals surface area contributed by atoms with Gasteiger partial charge in [0.1, 0.15) is 16.4 Å². The molecule has 0 bridgehead atoms. The Morgan fingerprint density at radius 3 is 2.26 bits per heavy atom. The summed E-state index contributed by atoms with van der Waals surface area (Å²) in [5.74, 6) is 0. The van der Waals surface area contributed by atoms with Crippen LogP contribution in [0.4, 0.5) is 0 Å². The molecular weight excluding hydrogens is 370 g/mol. The number of thiazole rings is 2. The summed E-state index contributed by atoms with van der Waals surface area (Å²) in [6, 6.07) is 27.2. The number of hydrogen-bond acceptors (Lipinski definition) is 4. The summed E-state index contributed by atoms with van der Waals surface area (Å²) in [6.07, 6.45) is 0. The van der Waals surface area contributed by atoms with E-state index in [0.717, 1.165) is 32.4 Å². The van der Waals surface area contributed by atoms with Crippen molar-refractivity contribution in [3.8, 4) is 22.0 Å². The Bertz CT molecular complexity index is 1390. The molecule has 0 atom stereocenters. The first kappa shape index (κ1) is 15.1. The zero-order valence-corrected chi connectivity index (χ0v) is 15.8. The average molecular weight is 384 g/mol. The molecule has 0 aliphatic carbocycles. The van der Waals surface area contributed by atoms with E-state index in [1.54, 1.807) is 22.7 Å². The average Bonchev–Trinajstić information content (AvgIpc) is 3.39. The van der Waals surface area contributed by atoms with Gasteiger partial charge >= 0.3 is 0 Å². The predicted octanol–water partition coefficient (Wildman–Crippen LogP) is 6.49. The molecule has 6 aromatic rings. The molecule has 5 heteroatoms. The molecule has 0 radical (unpaired) electrons. The van der Waals surface area contributed by atoms with Crippen molar-refractivity contribution in [3.63, 3.8) is 0 Å². The maximum Gasteiger partial charge on any atom is 0.195 e. The third kappa shape index (κ3) is 2.25. The first-order valence-corrected chi connectivity index (χ1v) is 10.3. The van der Waals surface area contributed by atoms with E-state index in [1.165, 1.54) is 14.9 Å². The first-order chi connectivity index (χ1) is 13.4. The Morgan fingerprint density at radius 2 is 1.41 bits per heavy atom. The molecule has 0 saturated carbocycles. The second kappa shape index (κ2) is 5.74. The molecule has 0 aliphatic heterocycles. The Balaban J connectivity index is 1.76. The minimum Gasteiger partial charge on any atom is -0.280 e.